The van der Waals surface area contributed by atoms with E-state index in [9.17, 15) is 10.4 Å². The largest absolute Gasteiger partial charge is 0.714 e. The fourth-order valence-electron chi connectivity index (χ4n) is 3.02. The van der Waals surface area contributed by atoms with Crippen LogP contribution >= 0.6 is 0 Å². The molecule has 1 aliphatic rings. The Hall–Kier alpha value is -3.20. The van der Waals surface area contributed by atoms with Crippen molar-refractivity contribution < 1.29 is 9.95 Å². The Bertz CT molecular complexity index is 952. The van der Waals surface area contributed by atoms with Crippen LogP contribution in [-0.4, -0.2) is 51.3 Å². The van der Waals surface area contributed by atoms with Crippen LogP contribution in [0, 0.1) is 5.21 Å². The van der Waals surface area contributed by atoms with Crippen LogP contribution in [0.4, 0.5) is 0 Å². The second kappa shape index (κ2) is 5.65. The number of pyridine rings is 1. The zero-order chi connectivity index (χ0) is 19.4. The van der Waals surface area contributed by atoms with E-state index >= 15 is 0 Å². The summed E-state index contributed by atoms with van der Waals surface area (Å²) in [4.78, 5) is 4.56. The van der Waals surface area contributed by atoms with Gasteiger partial charge in [0.15, 0.2) is 17.2 Å². The van der Waals surface area contributed by atoms with Gasteiger partial charge in [-0.15, -0.1) is 0 Å². The van der Waals surface area contributed by atoms with Crippen molar-refractivity contribution >= 4 is 5.84 Å². The first-order valence-electron chi connectivity index (χ1n) is 8.57. The molecule has 3 aromatic rings. The van der Waals surface area contributed by atoms with E-state index in [1.165, 1.54) is 0 Å². The van der Waals surface area contributed by atoms with Gasteiger partial charge < -0.3 is 5.21 Å². The molecule has 4 heterocycles. The zero-order valence-electron chi connectivity index (χ0n) is 15.6. The van der Waals surface area contributed by atoms with Crippen molar-refractivity contribution in [3.63, 3.8) is 0 Å². The van der Waals surface area contributed by atoms with Crippen LogP contribution < -0.4 is 0 Å². The molecule has 27 heavy (non-hydrogen) atoms. The Labute approximate surface area is 156 Å². The minimum absolute atomic E-state index is 0.0502. The summed E-state index contributed by atoms with van der Waals surface area (Å²) in [5.41, 5.74) is -1.33. The van der Waals surface area contributed by atoms with Gasteiger partial charge in [0.25, 0.3) is 0 Å². The molecule has 0 saturated heterocycles. The molecule has 9 heteroatoms. The van der Waals surface area contributed by atoms with E-state index < -0.39 is 11.1 Å². The monoisotopic (exact) mass is 366 g/mol. The third-order valence-electron chi connectivity index (χ3n) is 5.43. The molecule has 139 valence electrons. The van der Waals surface area contributed by atoms with E-state index in [2.05, 4.69) is 15.2 Å². The topological polar surface area (TPSA) is 97.7 Å². The summed E-state index contributed by atoms with van der Waals surface area (Å²) in [5.74, 6) is 1.02. The van der Waals surface area contributed by atoms with Gasteiger partial charge in [0.2, 0.25) is 0 Å². The van der Waals surface area contributed by atoms with Crippen LogP contribution in [0.25, 0.3) is 11.6 Å². The number of aromatic nitrogens is 5. The van der Waals surface area contributed by atoms with Crippen molar-refractivity contribution in [2.45, 2.75) is 38.8 Å². The predicted molar refractivity (Wildman–Crippen MR) is 96.9 cm³/mol. The lowest BCUT2D eigenvalue weighted by atomic mass is 9.84. The van der Waals surface area contributed by atoms with Crippen LogP contribution in [0.3, 0.4) is 0 Å². The SMILES string of the molecule is CC1(C)N([O])C(c2cc(-n3cccn3)nc(-n3cccn3)c2)=[N+]([O-])C1(C)C. The fraction of sp³-hybridized carbons (Fsp3) is 0.333. The number of nitrogens with zero attached hydrogens (tertiary/aromatic N) is 7. The van der Waals surface area contributed by atoms with Gasteiger partial charge in [-0.1, -0.05) is 5.06 Å². The molecule has 3 aromatic heterocycles. The maximum atomic E-state index is 13.0. The summed E-state index contributed by atoms with van der Waals surface area (Å²) < 4.78 is 3.94. The lowest BCUT2D eigenvalue weighted by Gasteiger charge is -2.32. The lowest BCUT2D eigenvalue weighted by Crippen LogP contribution is -2.53. The Balaban J connectivity index is 1.95. The Morgan fingerprint density at radius 2 is 1.48 bits per heavy atom. The molecular formula is C18H20N7O2. The minimum Gasteiger partial charge on any atom is -0.714 e. The second-order valence-corrected chi connectivity index (χ2v) is 7.50. The van der Waals surface area contributed by atoms with Gasteiger partial charge in [-0.05, 0) is 52.0 Å². The van der Waals surface area contributed by atoms with Gasteiger partial charge in [0.1, 0.15) is 5.54 Å². The molecule has 1 radical (unpaired) electrons. The summed E-state index contributed by atoms with van der Waals surface area (Å²) >= 11 is 0. The molecule has 0 fully saturated rings. The number of rotatable bonds is 3. The molecule has 9 nitrogen and oxygen atoms in total. The second-order valence-electron chi connectivity index (χ2n) is 7.50. The van der Waals surface area contributed by atoms with E-state index in [0.717, 1.165) is 9.80 Å². The fourth-order valence-corrected chi connectivity index (χ4v) is 3.02. The Morgan fingerprint density at radius 1 is 0.963 bits per heavy atom. The van der Waals surface area contributed by atoms with E-state index in [-0.39, 0.29) is 5.84 Å². The molecular weight excluding hydrogens is 346 g/mol. The first-order chi connectivity index (χ1) is 12.7. The van der Waals surface area contributed by atoms with Crippen LogP contribution in [-0.2, 0) is 5.21 Å². The third-order valence-corrected chi connectivity index (χ3v) is 5.43. The summed E-state index contributed by atoms with van der Waals surface area (Å²) in [5, 5.41) is 35.2. The molecule has 0 saturated carbocycles. The zero-order valence-corrected chi connectivity index (χ0v) is 15.6. The van der Waals surface area contributed by atoms with Gasteiger partial charge in [-0.3, -0.25) is 4.74 Å². The average molecular weight is 366 g/mol. The minimum atomic E-state index is -0.898. The maximum Gasteiger partial charge on any atom is 0.317 e. The first kappa shape index (κ1) is 17.2. The van der Waals surface area contributed by atoms with Gasteiger partial charge in [0.05, 0.1) is 5.56 Å². The van der Waals surface area contributed by atoms with Crippen molar-refractivity contribution in [1.29, 1.82) is 0 Å². The van der Waals surface area contributed by atoms with Crippen LogP contribution in [0.15, 0.2) is 49.1 Å². The normalized spacial score (nSPS) is 18.3. The third kappa shape index (κ3) is 2.42. The molecule has 0 N–H and O–H groups in total. The number of amidine groups is 1. The summed E-state index contributed by atoms with van der Waals surface area (Å²) in [7, 11) is 0. The van der Waals surface area contributed by atoms with Crippen LogP contribution in [0.2, 0.25) is 0 Å². The van der Waals surface area contributed by atoms with Crippen molar-refractivity contribution in [2.24, 2.45) is 0 Å². The average Bonchev–Trinajstić information content (AvgIpc) is 3.36. The quantitative estimate of drug-likeness (QED) is 0.521. The van der Waals surface area contributed by atoms with Gasteiger partial charge >= 0.3 is 5.84 Å². The van der Waals surface area contributed by atoms with Gasteiger partial charge in [-0.2, -0.15) is 10.2 Å². The van der Waals surface area contributed by atoms with Crippen LogP contribution in [0.1, 0.15) is 33.3 Å². The predicted octanol–water partition coefficient (Wildman–Crippen LogP) is 1.93. The molecule has 0 aliphatic carbocycles. The first-order valence-corrected chi connectivity index (χ1v) is 8.57. The molecule has 0 atom stereocenters. The lowest BCUT2D eigenvalue weighted by molar-refractivity contribution is -0.539. The van der Waals surface area contributed by atoms with E-state index in [0.29, 0.717) is 17.2 Å². The molecule has 4 rings (SSSR count). The standard InChI is InChI=1S/C18H20N7O2/c1-17(2)18(3,4)25(27)16(24(17)26)13-11-14(22-9-5-7-19-22)21-15(12-13)23-10-6-8-20-23/h5-12H,1-4H3. The summed E-state index contributed by atoms with van der Waals surface area (Å²) in [6.45, 7) is 7.06. The van der Waals surface area contributed by atoms with Crippen molar-refractivity contribution in [3.8, 4) is 11.6 Å². The van der Waals surface area contributed by atoms with Gasteiger partial charge in [-0.25, -0.2) is 14.3 Å². The molecule has 0 unspecified atom stereocenters. The van der Waals surface area contributed by atoms with Gasteiger partial charge in [0, 0.05) is 30.0 Å². The van der Waals surface area contributed by atoms with E-state index in [1.54, 1.807) is 86.1 Å². The molecule has 0 bridgehead atoms. The Morgan fingerprint density at radius 3 is 1.85 bits per heavy atom. The smallest absolute Gasteiger partial charge is 0.317 e. The highest BCUT2D eigenvalue weighted by molar-refractivity contribution is 5.96. The molecule has 0 aromatic carbocycles. The van der Waals surface area contributed by atoms with Crippen molar-refractivity contribution in [3.05, 3.63) is 59.8 Å². The van der Waals surface area contributed by atoms with Crippen LogP contribution in [0.5, 0.6) is 0 Å². The molecule has 1 aliphatic heterocycles. The molecule has 0 spiro atoms. The highest BCUT2D eigenvalue weighted by Crippen LogP contribution is 2.37. The number of hydrogen-bond acceptors (Lipinski definition) is 5. The Kier molecular flexibility index (Phi) is 3.60. The number of hydroxylamine groups is 3. The highest BCUT2D eigenvalue weighted by atomic mass is 16.5. The van der Waals surface area contributed by atoms with E-state index in [4.69, 9.17) is 0 Å². The molecule has 0 amide bonds. The van der Waals surface area contributed by atoms with Crippen molar-refractivity contribution in [2.75, 3.05) is 0 Å². The summed E-state index contributed by atoms with van der Waals surface area (Å²) in [6, 6.07) is 6.92. The van der Waals surface area contributed by atoms with E-state index in [1.807, 2.05) is 0 Å². The number of hydrogen-bond donors (Lipinski definition) is 0. The maximum absolute atomic E-state index is 13.0. The summed E-state index contributed by atoms with van der Waals surface area (Å²) in [6.07, 6.45) is 6.76. The highest BCUT2D eigenvalue weighted by Gasteiger charge is 2.60. The van der Waals surface area contributed by atoms with Crippen molar-refractivity contribution in [1.82, 2.24) is 29.6 Å².